The zero-order chi connectivity index (χ0) is 11.9. The fourth-order valence-corrected chi connectivity index (χ4v) is 2.25. The van der Waals surface area contributed by atoms with Crippen molar-refractivity contribution in [3.8, 4) is 5.75 Å². The Bertz CT molecular complexity index is 344. The van der Waals surface area contributed by atoms with Gasteiger partial charge >= 0.3 is 0 Å². The Morgan fingerprint density at radius 2 is 1.89 bits per heavy atom. The van der Waals surface area contributed by atoms with E-state index in [1.807, 2.05) is 12.1 Å². The van der Waals surface area contributed by atoms with Gasteiger partial charge in [-0.05, 0) is 30.5 Å². The van der Waals surface area contributed by atoms with Crippen molar-refractivity contribution in [1.82, 2.24) is 5.32 Å². The summed E-state index contributed by atoms with van der Waals surface area (Å²) in [5.74, 6) is 0.912. The third kappa shape index (κ3) is 4.71. The Morgan fingerprint density at radius 3 is 2.50 bits per heavy atom. The summed E-state index contributed by atoms with van der Waals surface area (Å²) < 4.78 is 5.45. The summed E-state index contributed by atoms with van der Waals surface area (Å²) in [6.07, 6.45) is 7.19. The van der Waals surface area contributed by atoms with Crippen LogP contribution in [0.4, 0.5) is 0 Å². The van der Waals surface area contributed by atoms with E-state index < -0.39 is 0 Å². The van der Waals surface area contributed by atoms with Crippen LogP contribution in [0.3, 0.4) is 0 Å². The molecule has 0 aromatic heterocycles. The van der Waals surface area contributed by atoms with Crippen LogP contribution in [0.5, 0.6) is 5.75 Å². The molecule has 18 heavy (non-hydrogen) atoms. The van der Waals surface area contributed by atoms with Crippen molar-refractivity contribution in [3.05, 3.63) is 42.5 Å². The highest BCUT2D eigenvalue weighted by Gasteiger charge is 2.13. The predicted molar refractivity (Wildman–Crippen MR) is 71.2 cm³/mol. The van der Waals surface area contributed by atoms with E-state index in [-0.39, 0.29) is 12.4 Å². The first-order valence-electron chi connectivity index (χ1n) is 6.44. The second kappa shape index (κ2) is 8.17. The average Bonchev–Trinajstić information content (AvgIpc) is 2.88. The summed E-state index contributed by atoms with van der Waals surface area (Å²) in [6.45, 7) is 5.17. The molecule has 0 atom stereocenters. The third-order valence-electron chi connectivity index (χ3n) is 3.24. The van der Waals surface area contributed by atoms with Crippen LogP contribution in [0.1, 0.15) is 31.2 Å². The lowest BCUT2D eigenvalue weighted by Crippen LogP contribution is -3.00. The van der Waals surface area contributed by atoms with E-state index >= 15 is 0 Å². The molecule has 1 aliphatic carbocycles. The predicted octanol–water partition coefficient (Wildman–Crippen LogP) is 0.288. The molecule has 0 heterocycles. The molecule has 1 aromatic rings. The lowest BCUT2D eigenvalue weighted by molar-refractivity contribution is -0.00000399. The summed E-state index contributed by atoms with van der Waals surface area (Å²) in [5, 5.41) is 3.60. The molecule has 100 valence electrons. The van der Waals surface area contributed by atoms with Gasteiger partial charge in [-0.1, -0.05) is 37.6 Å². The van der Waals surface area contributed by atoms with E-state index in [4.69, 9.17) is 4.74 Å². The van der Waals surface area contributed by atoms with Gasteiger partial charge in [-0.3, -0.25) is 0 Å². The zero-order valence-electron chi connectivity index (χ0n) is 10.7. The first-order valence-corrected chi connectivity index (χ1v) is 6.44. The summed E-state index contributed by atoms with van der Waals surface area (Å²) in [4.78, 5) is 0. The van der Waals surface area contributed by atoms with Gasteiger partial charge in [0.15, 0.2) is 0 Å². The normalized spacial score (nSPS) is 15.1. The molecule has 0 bridgehead atoms. The Balaban J connectivity index is 0.00000162. The van der Waals surface area contributed by atoms with E-state index in [2.05, 4.69) is 24.0 Å². The minimum absolute atomic E-state index is 0. The van der Waals surface area contributed by atoms with Gasteiger partial charge in [0, 0.05) is 12.6 Å². The van der Waals surface area contributed by atoms with Crippen LogP contribution < -0.4 is 22.5 Å². The molecule has 0 unspecified atom stereocenters. The Kier molecular flexibility index (Phi) is 6.84. The van der Waals surface area contributed by atoms with Crippen LogP contribution >= 0.6 is 0 Å². The number of hydrogen-bond donors (Lipinski definition) is 1. The van der Waals surface area contributed by atoms with E-state index in [1.54, 1.807) is 6.08 Å². The number of ether oxygens (including phenoxy) is 1. The molecule has 0 saturated heterocycles. The van der Waals surface area contributed by atoms with Gasteiger partial charge < -0.3 is 22.5 Å². The topological polar surface area (TPSA) is 21.3 Å². The van der Waals surface area contributed by atoms with Crippen molar-refractivity contribution >= 4 is 0 Å². The van der Waals surface area contributed by atoms with Crippen molar-refractivity contribution in [2.45, 2.75) is 38.3 Å². The maximum Gasteiger partial charge on any atom is 0.119 e. The molecule has 1 saturated carbocycles. The van der Waals surface area contributed by atoms with Crippen LogP contribution in [0, 0.1) is 0 Å². The number of halogens is 1. The lowest BCUT2D eigenvalue weighted by atomic mass is 10.2. The minimum Gasteiger partial charge on any atom is -1.00 e. The summed E-state index contributed by atoms with van der Waals surface area (Å²) in [6, 6.07) is 9.03. The fraction of sp³-hybridized carbons (Fsp3) is 0.467. The first-order chi connectivity index (χ1) is 8.38. The third-order valence-corrected chi connectivity index (χ3v) is 3.24. The van der Waals surface area contributed by atoms with Gasteiger partial charge in [0.25, 0.3) is 0 Å². The highest BCUT2D eigenvalue weighted by Crippen LogP contribution is 2.18. The summed E-state index contributed by atoms with van der Waals surface area (Å²) in [7, 11) is 0. The van der Waals surface area contributed by atoms with Crippen LogP contribution in [0.25, 0.3) is 0 Å². The Labute approximate surface area is 116 Å². The van der Waals surface area contributed by atoms with Gasteiger partial charge in [-0.15, -0.1) is 0 Å². The van der Waals surface area contributed by atoms with Gasteiger partial charge in [0.1, 0.15) is 12.4 Å². The molecule has 0 radical (unpaired) electrons. The molecule has 1 N–H and O–H groups in total. The number of nitrogens with one attached hydrogen (secondary N) is 1. The molecular formula is C15H21ClNO-. The van der Waals surface area contributed by atoms with E-state index in [0.29, 0.717) is 6.61 Å². The van der Waals surface area contributed by atoms with Crippen molar-refractivity contribution in [2.24, 2.45) is 0 Å². The Morgan fingerprint density at radius 1 is 1.22 bits per heavy atom. The maximum absolute atomic E-state index is 5.45. The molecular weight excluding hydrogens is 246 g/mol. The van der Waals surface area contributed by atoms with E-state index in [9.17, 15) is 0 Å². The van der Waals surface area contributed by atoms with Crippen molar-refractivity contribution in [2.75, 3.05) is 6.61 Å². The number of hydrogen-bond acceptors (Lipinski definition) is 2. The quantitative estimate of drug-likeness (QED) is 0.748. The van der Waals surface area contributed by atoms with Crippen LogP contribution in [0.2, 0.25) is 0 Å². The van der Waals surface area contributed by atoms with Crippen molar-refractivity contribution < 1.29 is 17.1 Å². The average molecular weight is 267 g/mol. The summed E-state index contributed by atoms with van der Waals surface area (Å²) in [5.41, 5.74) is 1.32. The smallest absolute Gasteiger partial charge is 0.119 e. The first kappa shape index (κ1) is 15.1. The molecule has 1 fully saturated rings. The number of benzene rings is 1. The van der Waals surface area contributed by atoms with Gasteiger partial charge in [-0.25, -0.2) is 0 Å². The SMILES string of the molecule is C=CCOc1ccc(CNC2CCCC2)cc1.[Cl-]. The largest absolute Gasteiger partial charge is 1.00 e. The lowest BCUT2D eigenvalue weighted by Gasteiger charge is -2.12. The van der Waals surface area contributed by atoms with Crippen molar-refractivity contribution in [3.63, 3.8) is 0 Å². The summed E-state index contributed by atoms with van der Waals surface area (Å²) >= 11 is 0. The molecule has 2 rings (SSSR count). The van der Waals surface area contributed by atoms with Crippen LogP contribution in [0.15, 0.2) is 36.9 Å². The monoisotopic (exact) mass is 266 g/mol. The highest BCUT2D eigenvalue weighted by atomic mass is 35.5. The van der Waals surface area contributed by atoms with Gasteiger partial charge in [-0.2, -0.15) is 0 Å². The van der Waals surface area contributed by atoms with Crippen LogP contribution in [-0.4, -0.2) is 12.6 Å². The molecule has 1 aliphatic rings. The molecule has 0 amide bonds. The number of rotatable bonds is 6. The van der Waals surface area contributed by atoms with E-state index in [0.717, 1.165) is 18.3 Å². The van der Waals surface area contributed by atoms with Gasteiger partial charge in [0.2, 0.25) is 0 Å². The molecule has 3 heteroatoms. The molecule has 2 nitrogen and oxygen atoms in total. The molecule has 1 aromatic carbocycles. The maximum atomic E-state index is 5.45. The Hall–Kier alpha value is -0.990. The standard InChI is InChI=1S/C15H21NO.ClH/c1-2-11-17-15-9-7-13(8-10-15)12-16-14-5-3-4-6-14;/h2,7-10,14,16H,1,3-6,11-12H2;1H/p-1. The molecule has 0 spiro atoms. The van der Waals surface area contributed by atoms with Crippen LogP contribution in [-0.2, 0) is 6.54 Å². The fourth-order valence-electron chi connectivity index (χ4n) is 2.25. The highest BCUT2D eigenvalue weighted by molar-refractivity contribution is 5.27. The van der Waals surface area contributed by atoms with E-state index in [1.165, 1.54) is 31.2 Å². The van der Waals surface area contributed by atoms with Gasteiger partial charge in [0.05, 0.1) is 0 Å². The zero-order valence-corrected chi connectivity index (χ0v) is 11.5. The molecule has 0 aliphatic heterocycles. The second-order valence-electron chi connectivity index (χ2n) is 4.61. The minimum atomic E-state index is 0. The second-order valence-corrected chi connectivity index (χ2v) is 4.61. The van der Waals surface area contributed by atoms with Crippen molar-refractivity contribution in [1.29, 1.82) is 0 Å².